The molecule has 130 valence electrons. The molecule has 24 heavy (non-hydrogen) atoms. The van der Waals surface area contributed by atoms with Gasteiger partial charge < -0.3 is 14.4 Å². The van der Waals surface area contributed by atoms with Crippen LogP contribution in [0.5, 0.6) is 5.75 Å². The second kappa shape index (κ2) is 7.02. The highest BCUT2D eigenvalue weighted by Gasteiger charge is 2.35. The molecule has 1 aromatic carbocycles. The molecule has 0 bridgehead atoms. The van der Waals surface area contributed by atoms with Crippen LogP contribution >= 0.6 is 15.9 Å². The molecule has 1 aliphatic heterocycles. The normalized spacial score (nSPS) is 17.1. The SMILES string of the molecule is CC(C)(C)OC(=O)N1CCC(C)(Oc2ccc(C#N)c(Br)c2)CC1. The Labute approximate surface area is 151 Å². The first kappa shape index (κ1) is 18.6. The number of benzene rings is 1. The van der Waals surface area contributed by atoms with Gasteiger partial charge in [0, 0.05) is 30.4 Å². The summed E-state index contributed by atoms with van der Waals surface area (Å²) in [6, 6.07) is 7.46. The summed E-state index contributed by atoms with van der Waals surface area (Å²) in [6.45, 7) is 8.85. The molecule has 0 unspecified atom stereocenters. The van der Waals surface area contributed by atoms with Gasteiger partial charge in [-0.25, -0.2) is 4.79 Å². The van der Waals surface area contributed by atoms with Gasteiger partial charge in [-0.1, -0.05) is 0 Å². The van der Waals surface area contributed by atoms with Gasteiger partial charge in [-0.2, -0.15) is 5.26 Å². The van der Waals surface area contributed by atoms with Gasteiger partial charge in [0.25, 0.3) is 0 Å². The minimum absolute atomic E-state index is 0.273. The van der Waals surface area contributed by atoms with E-state index in [9.17, 15) is 4.79 Å². The molecule has 5 nitrogen and oxygen atoms in total. The number of ether oxygens (including phenoxy) is 2. The lowest BCUT2D eigenvalue weighted by atomic mass is 9.93. The first-order valence-electron chi connectivity index (χ1n) is 7.98. The molecule has 1 aromatic rings. The fraction of sp³-hybridized carbons (Fsp3) is 0.556. The maximum absolute atomic E-state index is 12.1. The number of carbonyl (C=O) groups excluding carboxylic acids is 1. The smallest absolute Gasteiger partial charge is 0.410 e. The summed E-state index contributed by atoms with van der Waals surface area (Å²) in [4.78, 5) is 13.9. The van der Waals surface area contributed by atoms with Crippen molar-refractivity contribution in [2.75, 3.05) is 13.1 Å². The molecule has 6 heteroatoms. The highest BCUT2D eigenvalue weighted by Crippen LogP contribution is 2.31. The van der Waals surface area contributed by atoms with Crippen molar-refractivity contribution >= 4 is 22.0 Å². The lowest BCUT2D eigenvalue weighted by molar-refractivity contribution is -0.00983. The molecule has 2 rings (SSSR count). The first-order valence-corrected chi connectivity index (χ1v) is 8.78. The number of halogens is 1. The molecule has 0 atom stereocenters. The average Bonchev–Trinajstić information content (AvgIpc) is 2.46. The maximum atomic E-state index is 12.1. The van der Waals surface area contributed by atoms with Crippen molar-refractivity contribution in [2.24, 2.45) is 0 Å². The van der Waals surface area contributed by atoms with Crippen LogP contribution in [0.4, 0.5) is 4.79 Å². The Kier molecular flexibility index (Phi) is 5.44. The Hall–Kier alpha value is -1.74. The highest BCUT2D eigenvalue weighted by molar-refractivity contribution is 9.10. The van der Waals surface area contributed by atoms with Gasteiger partial charge in [0.1, 0.15) is 23.0 Å². The molecular formula is C18H23BrN2O3. The van der Waals surface area contributed by atoms with Crippen molar-refractivity contribution in [3.05, 3.63) is 28.2 Å². The van der Waals surface area contributed by atoms with Gasteiger partial charge >= 0.3 is 6.09 Å². The quantitative estimate of drug-likeness (QED) is 0.740. The number of hydrogen-bond donors (Lipinski definition) is 0. The lowest BCUT2D eigenvalue weighted by Gasteiger charge is -2.39. The molecule has 0 spiro atoms. The Balaban J connectivity index is 1.96. The van der Waals surface area contributed by atoms with Gasteiger partial charge in [-0.3, -0.25) is 0 Å². The van der Waals surface area contributed by atoms with E-state index in [1.807, 2.05) is 33.8 Å². The van der Waals surface area contributed by atoms with Crippen LogP contribution < -0.4 is 4.74 Å². The topological polar surface area (TPSA) is 62.6 Å². The Morgan fingerprint density at radius 3 is 2.46 bits per heavy atom. The molecule has 0 aliphatic carbocycles. The minimum atomic E-state index is -0.483. The molecule has 0 saturated carbocycles. The third-order valence-corrected chi connectivity index (χ3v) is 4.55. The molecule has 1 fully saturated rings. The minimum Gasteiger partial charge on any atom is -0.487 e. The van der Waals surface area contributed by atoms with E-state index >= 15 is 0 Å². The third kappa shape index (κ3) is 4.88. The zero-order valence-electron chi connectivity index (χ0n) is 14.6. The van der Waals surface area contributed by atoms with E-state index in [0.29, 0.717) is 24.4 Å². The second-order valence-electron chi connectivity index (χ2n) is 7.27. The van der Waals surface area contributed by atoms with E-state index in [-0.39, 0.29) is 11.7 Å². The largest absolute Gasteiger partial charge is 0.487 e. The van der Waals surface area contributed by atoms with Crippen LogP contribution in [0.3, 0.4) is 0 Å². The van der Waals surface area contributed by atoms with Crippen LogP contribution in [0.15, 0.2) is 22.7 Å². The van der Waals surface area contributed by atoms with E-state index in [1.54, 1.807) is 17.0 Å². The fourth-order valence-electron chi connectivity index (χ4n) is 2.53. The Morgan fingerprint density at radius 2 is 1.96 bits per heavy atom. The second-order valence-corrected chi connectivity index (χ2v) is 8.13. The summed E-state index contributed by atoms with van der Waals surface area (Å²) in [6.07, 6.45) is 1.18. The van der Waals surface area contributed by atoms with Crippen LogP contribution in [-0.4, -0.2) is 35.3 Å². The van der Waals surface area contributed by atoms with E-state index in [0.717, 1.165) is 17.3 Å². The third-order valence-electron chi connectivity index (χ3n) is 3.90. The molecule has 1 amide bonds. The summed E-state index contributed by atoms with van der Waals surface area (Å²) in [7, 11) is 0. The molecule has 0 radical (unpaired) electrons. The van der Waals surface area contributed by atoms with Crippen molar-refractivity contribution in [3.8, 4) is 11.8 Å². The van der Waals surface area contributed by atoms with E-state index in [4.69, 9.17) is 14.7 Å². The van der Waals surface area contributed by atoms with Crippen LogP contribution in [0.2, 0.25) is 0 Å². The summed E-state index contributed by atoms with van der Waals surface area (Å²) in [5, 5.41) is 8.97. The lowest BCUT2D eigenvalue weighted by Crippen LogP contribution is -2.49. The van der Waals surface area contributed by atoms with E-state index in [2.05, 4.69) is 22.0 Å². The van der Waals surface area contributed by atoms with Gasteiger partial charge in [-0.05, 0) is 61.8 Å². The summed E-state index contributed by atoms with van der Waals surface area (Å²) in [5.41, 5.74) is -0.248. The van der Waals surface area contributed by atoms with Crippen LogP contribution in [0, 0.1) is 11.3 Å². The van der Waals surface area contributed by atoms with Crippen LogP contribution in [0.25, 0.3) is 0 Å². The number of amides is 1. The number of nitrogens with zero attached hydrogens (tertiary/aromatic N) is 2. The Bertz CT molecular complexity index is 653. The van der Waals surface area contributed by atoms with Crippen molar-refractivity contribution in [1.82, 2.24) is 4.90 Å². The molecule has 1 aliphatic rings. The number of nitriles is 1. The first-order chi connectivity index (χ1) is 11.1. The molecular weight excluding hydrogens is 372 g/mol. The molecule has 1 saturated heterocycles. The fourth-order valence-corrected chi connectivity index (χ4v) is 2.97. The van der Waals surface area contributed by atoms with E-state index in [1.165, 1.54) is 0 Å². The van der Waals surface area contributed by atoms with Crippen molar-refractivity contribution < 1.29 is 14.3 Å². The van der Waals surface area contributed by atoms with Gasteiger partial charge in [0.05, 0.1) is 5.56 Å². The van der Waals surface area contributed by atoms with Gasteiger partial charge in [-0.15, -0.1) is 0 Å². The monoisotopic (exact) mass is 394 g/mol. The van der Waals surface area contributed by atoms with E-state index < -0.39 is 5.60 Å². The summed E-state index contributed by atoms with van der Waals surface area (Å²) >= 11 is 3.37. The summed E-state index contributed by atoms with van der Waals surface area (Å²) < 4.78 is 12.3. The average molecular weight is 395 g/mol. The van der Waals surface area contributed by atoms with Gasteiger partial charge in [0.15, 0.2) is 0 Å². The molecule has 0 N–H and O–H groups in total. The number of hydrogen-bond acceptors (Lipinski definition) is 4. The zero-order chi connectivity index (χ0) is 18.0. The predicted octanol–water partition coefficient (Wildman–Crippen LogP) is 4.49. The number of rotatable bonds is 2. The Morgan fingerprint density at radius 1 is 1.33 bits per heavy atom. The standard InChI is InChI=1S/C18H23BrN2O3/c1-17(2,3)24-16(22)21-9-7-18(4,8-10-21)23-14-6-5-13(12-20)15(19)11-14/h5-6,11H,7-10H2,1-4H3. The van der Waals surface area contributed by atoms with Crippen LogP contribution in [-0.2, 0) is 4.74 Å². The van der Waals surface area contributed by atoms with Crippen LogP contribution in [0.1, 0.15) is 46.1 Å². The molecule has 1 heterocycles. The number of carbonyl (C=O) groups is 1. The van der Waals surface area contributed by atoms with Crippen molar-refractivity contribution in [1.29, 1.82) is 5.26 Å². The summed E-state index contributed by atoms with van der Waals surface area (Å²) in [5.74, 6) is 0.717. The van der Waals surface area contributed by atoms with Gasteiger partial charge in [0.2, 0.25) is 0 Å². The van der Waals surface area contributed by atoms with Crippen molar-refractivity contribution in [2.45, 2.75) is 51.7 Å². The predicted molar refractivity (Wildman–Crippen MR) is 94.9 cm³/mol. The molecule has 0 aromatic heterocycles. The van der Waals surface area contributed by atoms with Crippen molar-refractivity contribution in [3.63, 3.8) is 0 Å². The number of piperidine rings is 1. The zero-order valence-corrected chi connectivity index (χ0v) is 16.1. The maximum Gasteiger partial charge on any atom is 0.410 e. The number of likely N-dealkylation sites (tertiary alicyclic amines) is 1. The highest BCUT2D eigenvalue weighted by atomic mass is 79.9.